The molecule has 3 N–H and O–H groups in total. The average molecular weight is 486 g/mol. The van der Waals surface area contributed by atoms with Gasteiger partial charge in [-0.15, -0.1) is 0 Å². The van der Waals surface area contributed by atoms with Crippen molar-refractivity contribution < 1.29 is 23.8 Å². The molecule has 3 aromatic carbocycles. The highest BCUT2D eigenvalue weighted by atomic mass is 16.5. The second kappa shape index (κ2) is 11.1. The molecule has 2 amide bonds. The van der Waals surface area contributed by atoms with Crippen LogP contribution in [-0.4, -0.2) is 38.1 Å². The Morgan fingerprint density at radius 1 is 0.889 bits per heavy atom. The molecule has 0 radical (unpaired) electrons. The summed E-state index contributed by atoms with van der Waals surface area (Å²) in [6.45, 7) is 0.222. The van der Waals surface area contributed by atoms with Crippen LogP contribution in [0.15, 0.2) is 78.6 Å². The summed E-state index contributed by atoms with van der Waals surface area (Å²) in [5.41, 5.74) is 2.96. The lowest BCUT2D eigenvalue weighted by atomic mass is 10.1. The number of amides is 2. The smallest absolute Gasteiger partial charge is 0.268 e. The van der Waals surface area contributed by atoms with E-state index >= 15 is 0 Å². The Balaban J connectivity index is 1.62. The first-order valence-electron chi connectivity index (χ1n) is 11.2. The number of nitrogens with one attached hydrogen (secondary N) is 3. The maximum atomic E-state index is 13.3. The normalized spacial score (nSPS) is 11.1. The lowest BCUT2D eigenvalue weighted by Crippen LogP contribution is -2.34. The summed E-state index contributed by atoms with van der Waals surface area (Å²) >= 11 is 0. The standard InChI is InChI=1S/C28H27N3O5/c1-34-21-10-11-23-22(15-21)20(17-29-23)14-24(31-27(32)19-7-5-4-6-8-19)28(33)30-16-18-9-12-25(35-2)26(13-18)36-3/h4-15,17,29H,16H2,1-3H3,(H,30,33)(H,31,32). The second-order valence-corrected chi connectivity index (χ2v) is 7.91. The first-order chi connectivity index (χ1) is 17.5. The summed E-state index contributed by atoms with van der Waals surface area (Å²) in [4.78, 5) is 29.3. The Bertz CT molecular complexity index is 1410. The van der Waals surface area contributed by atoms with Crippen molar-refractivity contribution in [3.63, 3.8) is 0 Å². The minimum absolute atomic E-state index is 0.105. The van der Waals surface area contributed by atoms with E-state index in [-0.39, 0.29) is 18.1 Å². The van der Waals surface area contributed by atoms with Crippen LogP contribution in [0, 0.1) is 0 Å². The van der Waals surface area contributed by atoms with Crippen LogP contribution in [0.2, 0.25) is 0 Å². The van der Waals surface area contributed by atoms with Gasteiger partial charge in [-0.1, -0.05) is 24.3 Å². The molecule has 0 atom stereocenters. The van der Waals surface area contributed by atoms with Crippen molar-refractivity contribution in [2.45, 2.75) is 6.54 Å². The highest BCUT2D eigenvalue weighted by Gasteiger charge is 2.16. The summed E-state index contributed by atoms with van der Waals surface area (Å²) in [6.07, 6.45) is 3.42. The summed E-state index contributed by atoms with van der Waals surface area (Å²) in [5, 5.41) is 6.49. The Labute approximate surface area is 208 Å². The molecule has 0 saturated carbocycles. The van der Waals surface area contributed by atoms with Crippen LogP contribution in [0.1, 0.15) is 21.5 Å². The molecule has 8 heteroatoms. The number of rotatable bonds is 9. The zero-order chi connectivity index (χ0) is 25.5. The topological polar surface area (TPSA) is 102 Å². The van der Waals surface area contributed by atoms with Crippen molar-refractivity contribution in [2.75, 3.05) is 21.3 Å². The van der Waals surface area contributed by atoms with E-state index in [0.717, 1.165) is 22.0 Å². The van der Waals surface area contributed by atoms with E-state index in [4.69, 9.17) is 14.2 Å². The zero-order valence-electron chi connectivity index (χ0n) is 20.3. The Hall–Kier alpha value is -4.72. The maximum absolute atomic E-state index is 13.3. The first kappa shape index (κ1) is 24.4. The van der Waals surface area contributed by atoms with Crippen molar-refractivity contribution >= 4 is 28.8 Å². The lowest BCUT2D eigenvalue weighted by molar-refractivity contribution is -0.117. The third-order valence-electron chi connectivity index (χ3n) is 5.65. The fourth-order valence-electron chi connectivity index (χ4n) is 3.73. The number of methoxy groups -OCH3 is 3. The SMILES string of the molecule is COc1ccc2[nH]cc(C=C(NC(=O)c3ccccc3)C(=O)NCc3ccc(OC)c(OC)c3)c2c1. The number of hydrogen-bond donors (Lipinski definition) is 3. The molecule has 0 spiro atoms. The fourth-order valence-corrected chi connectivity index (χ4v) is 3.73. The van der Waals surface area contributed by atoms with Gasteiger partial charge in [0.2, 0.25) is 0 Å². The number of benzene rings is 3. The summed E-state index contributed by atoms with van der Waals surface area (Å²) < 4.78 is 16.0. The molecule has 184 valence electrons. The van der Waals surface area contributed by atoms with Gasteiger partial charge in [0.1, 0.15) is 11.4 Å². The van der Waals surface area contributed by atoms with E-state index in [0.29, 0.717) is 22.8 Å². The van der Waals surface area contributed by atoms with Crippen molar-refractivity contribution in [3.05, 3.63) is 95.3 Å². The molecule has 0 unspecified atom stereocenters. The molecule has 1 heterocycles. The third-order valence-corrected chi connectivity index (χ3v) is 5.65. The van der Waals surface area contributed by atoms with Gasteiger partial charge in [0.15, 0.2) is 11.5 Å². The van der Waals surface area contributed by atoms with Crippen LogP contribution in [0.25, 0.3) is 17.0 Å². The molecular formula is C28H27N3O5. The minimum atomic E-state index is -0.439. The molecular weight excluding hydrogens is 458 g/mol. The molecule has 0 saturated heterocycles. The fraction of sp³-hybridized carbons (Fsp3) is 0.143. The Morgan fingerprint density at radius 3 is 2.39 bits per heavy atom. The van der Waals surface area contributed by atoms with Crippen molar-refractivity contribution in [1.29, 1.82) is 0 Å². The van der Waals surface area contributed by atoms with Gasteiger partial charge in [-0.3, -0.25) is 9.59 Å². The number of ether oxygens (including phenoxy) is 3. The molecule has 36 heavy (non-hydrogen) atoms. The van der Waals surface area contributed by atoms with Crippen LogP contribution in [0.4, 0.5) is 0 Å². The van der Waals surface area contributed by atoms with Gasteiger partial charge in [-0.2, -0.15) is 0 Å². The molecule has 0 bridgehead atoms. The van der Waals surface area contributed by atoms with E-state index in [1.165, 1.54) is 0 Å². The van der Waals surface area contributed by atoms with Gasteiger partial charge in [-0.05, 0) is 54.1 Å². The molecule has 0 aliphatic rings. The molecule has 0 fully saturated rings. The van der Waals surface area contributed by atoms with Crippen molar-refractivity contribution in [2.24, 2.45) is 0 Å². The van der Waals surface area contributed by atoms with Crippen LogP contribution in [-0.2, 0) is 11.3 Å². The predicted octanol–water partition coefficient (Wildman–Crippen LogP) is 4.28. The average Bonchev–Trinajstić information content (AvgIpc) is 3.33. The number of fused-ring (bicyclic) bond motifs is 1. The summed E-state index contributed by atoms with van der Waals surface area (Å²) in [7, 11) is 4.71. The van der Waals surface area contributed by atoms with Crippen LogP contribution in [0.5, 0.6) is 17.2 Å². The van der Waals surface area contributed by atoms with Gasteiger partial charge in [0, 0.05) is 34.8 Å². The zero-order valence-corrected chi connectivity index (χ0v) is 20.3. The lowest BCUT2D eigenvalue weighted by Gasteiger charge is -2.13. The van der Waals surface area contributed by atoms with Gasteiger partial charge >= 0.3 is 0 Å². The van der Waals surface area contributed by atoms with E-state index in [1.807, 2.05) is 30.3 Å². The second-order valence-electron chi connectivity index (χ2n) is 7.91. The Kier molecular flexibility index (Phi) is 7.55. The maximum Gasteiger partial charge on any atom is 0.268 e. The highest BCUT2D eigenvalue weighted by molar-refractivity contribution is 6.06. The Morgan fingerprint density at radius 2 is 1.67 bits per heavy atom. The molecule has 8 nitrogen and oxygen atoms in total. The molecule has 4 aromatic rings. The number of hydrogen-bond acceptors (Lipinski definition) is 5. The number of aromatic amines is 1. The van der Waals surface area contributed by atoms with Crippen LogP contribution < -0.4 is 24.8 Å². The highest BCUT2D eigenvalue weighted by Crippen LogP contribution is 2.28. The van der Waals surface area contributed by atoms with E-state index in [9.17, 15) is 9.59 Å². The number of carbonyl (C=O) groups excluding carboxylic acids is 2. The number of aromatic nitrogens is 1. The van der Waals surface area contributed by atoms with Crippen molar-refractivity contribution in [1.82, 2.24) is 15.6 Å². The van der Waals surface area contributed by atoms with E-state index < -0.39 is 5.91 Å². The van der Waals surface area contributed by atoms with E-state index in [2.05, 4.69) is 15.6 Å². The van der Waals surface area contributed by atoms with Gasteiger partial charge in [0.05, 0.1) is 21.3 Å². The first-order valence-corrected chi connectivity index (χ1v) is 11.2. The monoisotopic (exact) mass is 485 g/mol. The van der Waals surface area contributed by atoms with Gasteiger partial charge < -0.3 is 29.8 Å². The molecule has 4 rings (SSSR count). The molecule has 0 aliphatic heterocycles. The predicted molar refractivity (Wildman–Crippen MR) is 138 cm³/mol. The largest absolute Gasteiger partial charge is 0.497 e. The van der Waals surface area contributed by atoms with Crippen LogP contribution >= 0.6 is 0 Å². The summed E-state index contributed by atoms with van der Waals surface area (Å²) in [5.74, 6) is 1.01. The quantitative estimate of drug-likeness (QED) is 0.307. The number of H-pyrrole nitrogens is 1. The van der Waals surface area contributed by atoms with Crippen LogP contribution in [0.3, 0.4) is 0 Å². The molecule has 0 aliphatic carbocycles. The minimum Gasteiger partial charge on any atom is -0.497 e. The number of carbonyl (C=O) groups is 2. The van der Waals surface area contributed by atoms with E-state index in [1.54, 1.807) is 70.0 Å². The van der Waals surface area contributed by atoms with Crippen molar-refractivity contribution in [3.8, 4) is 17.2 Å². The third kappa shape index (κ3) is 5.50. The van der Waals surface area contributed by atoms with Gasteiger partial charge in [0.25, 0.3) is 11.8 Å². The summed E-state index contributed by atoms with van der Waals surface area (Å²) in [6, 6.07) is 19.7. The molecule has 1 aromatic heterocycles. The van der Waals surface area contributed by atoms with Gasteiger partial charge in [-0.25, -0.2) is 0 Å².